The van der Waals surface area contributed by atoms with Crippen molar-refractivity contribution in [3.8, 4) is 5.19 Å². The first-order valence-electron chi connectivity index (χ1n) is 8.29. The molecule has 0 saturated carbocycles. The van der Waals surface area contributed by atoms with E-state index < -0.39 is 21.8 Å². The maximum atomic E-state index is 13.7. The number of thiazole rings is 1. The van der Waals surface area contributed by atoms with E-state index in [9.17, 15) is 17.6 Å². The van der Waals surface area contributed by atoms with Gasteiger partial charge in [0.05, 0.1) is 35.4 Å². The number of methoxy groups -OCH3 is 1. The summed E-state index contributed by atoms with van der Waals surface area (Å²) in [5.74, 6) is -0.953. The van der Waals surface area contributed by atoms with Gasteiger partial charge in [-0.2, -0.15) is 9.29 Å². The Kier molecular flexibility index (Phi) is 4.77. The molecule has 146 valence electrons. The van der Waals surface area contributed by atoms with E-state index in [0.717, 1.165) is 0 Å². The van der Waals surface area contributed by atoms with Crippen molar-refractivity contribution in [3.05, 3.63) is 53.8 Å². The fourth-order valence-corrected chi connectivity index (χ4v) is 5.19. The number of fused-ring (bicyclic) bond motifs is 1. The van der Waals surface area contributed by atoms with Gasteiger partial charge >= 0.3 is 5.97 Å². The summed E-state index contributed by atoms with van der Waals surface area (Å²) in [6, 6.07) is 10.2. The molecule has 1 saturated heterocycles. The molecule has 10 heteroatoms. The molecule has 1 aliphatic rings. The number of aromatic nitrogens is 1. The molecule has 7 nitrogen and oxygen atoms in total. The molecular weight excluding hydrogens is 407 g/mol. The number of esters is 1. The van der Waals surface area contributed by atoms with E-state index in [4.69, 9.17) is 4.74 Å². The van der Waals surface area contributed by atoms with Crippen LogP contribution < -0.4 is 4.74 Å². The van der Waals surface area contributed by atoms with Crippen LogP contribution in [0.4, 0.5) is 4.39 Å². The average Bonchev–Trinajstić information content (AvgIpc) is 3.08. The maximum Gasteiger partial charge on any atom is 0.337 e. The highest BCUT2D eigenvalue weighted by Gasteiger charge is 2.38. The predicted molar refractivity (Wildman–Crippen MR) is 101 cm³/mol. The van der Waals surface area contributed by atoms with Crippen LogP contribution in [0.5, 0.6) is 5.19 Å². The summed E-state index contributed by atoms with van der Waals surface area (Å²) in [7, 11) is -2.43. The molecule has 0 N–H and O–H groups in total. The molecule has 2 heterocycles. The zero-order valence-electron chi connectivity index (χ0n) is 14.7. The summed E-state index contributed by atoms with van der Waals surface area (Å²) in [6.45, 7) is 0.332. The number of hydrogen-bond acceptors (Lipinski definition) is 7. The quantitative estimate of drug-likeness (QED) is 0.588. The number of carbonyl (C=O) groups excluding carboxylic acids is 1. The van der Waals surface area contributed by atoms with Gasteiger partial charge in [0.2, 0.25) is 10.0 Å². The van der Waals surface area contributed by atoms with E-state index >= 15 is 0 Å². The van der Waals surface area contributed by atoms with Crippen LogP contribution in [-0.4, -0.2) is 50.0 Å². The van der Waals surface area contributed by atoms with E-state index in [2.05, 4.69) is 9.72 Å². The normalized spacial score (nSPS) is 15.4. The predicted octanol–water partition coefficient (Wildman–Crippen LogP) is 2.67. The molecule has 0 radical (unpaired) electrons. The van der Waals surface area contributed by atoms with Crippen molar-refractivity contribution in [2.45, 2.75) is 11.0 Å². The summed E-state index contributed by atoms with van der Waals surface area (Å²) in [5.41, 5.74) is 0.520. The molecule has 0 atom stereocenters. The minimum Gasteiger partial charge on any atom is -0.465 e. The molecule has 0 unspecified atom stereocenters. The lowest BCUT2D eigenvalue weighted by Gasteiger charge is -2.37. The summed E-state index contributed by atoms with van der Waals surface area (Å²) >= 11 is 1.22. The smallest absolute Gasteiger partial charge is 0.337 e. The maximum absolute atomic E-state index is 13.7. The van der Waals surface area contributed by atoms with Crippen LogP contribution >= 0.6 is 11.3 Å². The molecule has 0 spiro atoms. The summed E-state index contributed by atoms with van der Waals surface area (Å²) in [5, 5.41) is 0.310. The van der Waals surface area contributed by atoms with Gasteiger partial charge in [0, 0.05) is 0 Å². The molecule has 0 bridgehead atoms. The fraction of sp³-hybridized carbons (Fsp3) is 0.222. The van der Waals surface area contributed by atoms with Gasteiger partial charge in [-0.1, -0.05) is 17.4 Å². The first-order chi connectivity index (χ1) is 13.4. The van der Waals surface area contributed by atoms with Gasteiger partial charge in [-0.3, -0.25) is 0 Å². The van der Waals surface area contributed by atoms with Crippen molar-refractivity contribution >= 4 is 37.5 Å². The Bertz CT molecular complexity index is 1140. The minimum absolute atomic E-state index is 0.0839. The van der Waals surface area contributed by atoms with Crippen LogP contribution in [0.25, 0.3) is 10.2 Å². The Morgan fingerprint density at radius 2 is 1.93 bits per heavy atom. The van der Waals surface area contributed by atoms with E-state index in [1.165, 1.54) is 53.1 Å². The lowest BCUT2D eigenvalue weighted by molar-refractivity contribution is 0.0600. The second kappa shape index (κ2) is 7.12. The van der Waals surface area contributed by atoms with E-state index in [1.807, 2.05) is 0 Å². The third kappa shape index (κ3) is 3.34. The number of sulfonamides is 1. The topological polar surface area (TPSA) is 85.8 Å². The fourth-order valence-electron chi connectivity index (χ4n) is 2.79. The summed E-state index contributed by atoms with van der Waals surface area (Å²) in [6.07, 6.45) is -0.354. The molecular formula is C18H15FN2O5S2. The third-order valence-corrected chi connectivity index (χ3v) is 7.10. The van der Waals surface area contributed by atoms with Crippen LogP contribution in [0, 0.1) is 5.82 Å². The molecule has 0 amide bonds. The van der Waals surface area contributed by atoms with Gasteiger partial charge < -0.3 is 9.47 Å². The van der Waals surface area contributed by atoms with Crippen LogP contribution in [0.3, 0.4) is 0 Å². The van der Waals surface area contributed by atoms with Crippen LogP contribution in [0.15, 0.2) is 47.4 Å². The van der Waals surface area contributed by atoms with Gasteiger partial charge in [-0.25, -0.2) is 17.6 Å². The zero-order chi connectivity index (χ0) is 19.9. The monoisotopic (exact) mass is 422 g/mol. The number of carbonyl (C=O) groups is 1. The Labute approximate surface area is 164 Å². The molecule has 3 aromatic rings. The van der Waals surface area contributed by atoms with Crippen molar-refractivity contribution in [2.75, 3.05) is 20.2 Å². The molecule has 1 fully saturated rings. The van der Waals surface area contributed by atoms with E-state index in [0.29, 0.717) is 9.89 Å². The highest BCUT2D eigenvalue weighted by Crippen LogP contribution is 2.32. The van der Waals surface area contributed by atoms with Crippen LogP contribution in [0.1, 0.15) is 10.4 Å². The zero-order valence-corrected chi connectivity index (χ0v) is 16.3. The second-order valence-electron chi connectivity index (χ2n) is 6.14. The largest absolute Gasteiger partial charge is 0.465 e. The first-order valence-corrected chi connectivity index (χ1v) is 10.5. The molecule has 28 heavy (non-hydrogen) atoms. The Morgan fingerprint density at radius 1 is 1.21 bits per heavy atom. The van der Waals surface area contributed by atoms with Gasteiger partial charge in [-0.15, -0.1) is 0 Å². The molecule has 2 aromatic carbocycles. The van der Waals surface area contributed by atoms with Crippen molar-refractivity contribution in [3.63, 3.8) is 0 Å². The average molecular weight is 422 g/mol. The number of ether oxygens (including phenoxy) is 2. The number of hydrogen-bond donors (Lipinski definition) is 0. The molecule has 0 aliphatic carbocycles. The van der Waals surface area contributed by atoms with Crippen molar-refractivity contribution in [1.82, 2.24) is 9.29 Å². The van der Waals surface area contributed by atoms with E-state index in [1.54, 1.807) is 12.1 Å². The Hall–Kier alpha value is -2.56. The lowest BCUT2D eigenvalue weighted by Crippen LogP contribution is -2.55. The van der Waals surface area contributed by atoms with Gasteiger partial charge in [0.25, 0.3) is 5.19 Å². The minimum atomic E-state index is -3.68. The number of halogens is 1. The second-order valence-corrected chi connectivity index (χ2v) is 9.08. The summed E-state index contributed by atoms with van der Waals surface area (Å²) in [4.78, 5) is 15.7. The molecule has 1 aliphatic heterocycles. The van der Waals surface area contributed by atoms with Gasteiger partial charge in [0.15, 0.2) is 0 Å². The van der Waals surface area contributed by atoms with Crippen LogP contribution in [-0.2, 0) is 14.8 Å². The number of nitrogens with zero attached hydrogens (tertiary/aromatic N) is 2. The number of rotatable bonds is 5. The molecule has 1 aromatic heterocycles. The lowest BCUT2D eigenvalue weighted by atomic mass is 10.2. The Morgan fingerprint density at radius 3 is 2.57 bits per heavy atom. The Balaban J connectivity index is 1.42. The van der Waals surface area contributed by atoms with Gasteiger partial charge in [-0.05, 0) is 36.4 Å². The highest BCUT2D eigenvalue weighted by atomic mass is 32.2. The van der Waals surface area contributed by atoms with Crippen molar-refractivity contribution in [2.24, 2.45) is 0 Å². The number of para-hydroxylation sites is 1. The molecule has 4 rings (SSSR count). The van der Waals surface area contributed by atoms with Crippen molar-refractivity contribution in [1.29, 1.82) is 0 Å². The van der Waals surface area contributed by atoms with E-state index in [-0.39, 0.29) is 35.2 Å². The summed E-state index contributed by atoms with van der Waals surface area (Å²) < 4.78 is 51.2. The standard InChI is InChI=1S/C18H15FN2O5S2/c1-25-17(22)11-5-7-13(8-6-11)28(23,24)21-9-12(10-21)26-18-20-16-14(19)3-2-4-15(16)27-18/h2-8,12H,9-10H2,1H3. The van der Waals surface area contributed by atoms with Gasteiger partial charge in [0.1, 0.15) is 17.4 Å². The highest BCUT2D eigenvalue weighted by molar-refractivity contribution is 7.89. The first kappa shape index (κ1) is 18.8. The van der Waals surface area contributed by atoms with Crippen molar-refractivity contribution < 1.29 is 27.1 Å². The van der Waals surface area contributed by atoms with Crippen LogP contribution in [0.2, 0.25) is 0 Å². The number of benzene rings is 2. The SMILES string of the molecule is COC(=O)c1ccc(S(=O)(=O)N2CC(Oc3nc4c(F)cccc4s3)C2)cc1. The third-order valence-electron chi connectivity index (χ3n) is 4.35.